The normalized spacial score (nSPS) is 17.5. The highest BCUT2D eigenvalue weighted by molar-refractivity contribution is 5.95. The van der Waals surface area contributed by atoms with Gasteiger partial charge < -0.3 is 14.2 Å². The Morgan fingerprint density at radius 2 is 1.56 bits per heavy atom. The van der Waals surface area contributed by atoms with Crippen LogP contribution in [0.25, 0.3) is 0 Å². The van der Waals surface area contributed by atoms with Gasteiger partial charge in [0.2, 0.25) is 0 Å². The molecule has 3 rings (SSSR count). The van der Waals surface area contributed by atoms with Crippen LogP contribution in [0.4, 0.5) is 20.6 Å². The van der Waals surface area contributed by atoms with Crippen molar-refractivity contribution in [1.82, 2.24) is 0 Å². The highest BCUT2D eigenvalue weighted by Crippen LogP contribution is 2.31. The maximum Gasteiger partial charge on any atom is 0.418 e. The summed E-state index contributed by atoms with van der Waals surface area (Å²) in [6.45, 7) is 4.43. The molecule has 1 aliphatic rings. The van der Waals surface area contributed by atoms with Crippen LogP contribution in [0.5, 0.6) is 0 Å². The van der Waals surface area contributed by atoms with E-state index in [1.54, 1.807) is 24.3 Å². The number of rotatable bonds is 9. The van der Waals surface area contributed by atoms with Crippen molar-refractivity contribution in [2.45, 2.75) is 45.6 Å². The van der Waals surface area contributed by atoms with Crippen molar-refractivity contribution in [2.75, 3.05) is 24.7 Å². The third-order valence-corrected chi connectivity index (χ3v) is 5.61. The molecule has 34 heavy (non-hydrogen) atoms. The number of hydrogen-bond donors (Lipinski definition) is 0. The highest BCUT2D eigenvalue weighted by Gasteiger charge is 2.25. The van der Waals surface area contributed by atoms with Crippen LogP contribution in [0.3, 0.4) is 0 Å². The number of nitrogens with zero attached hydrogens (tertiary/aromatic N) is 1. The fourth-order valence-corrected chi connectivity index (χ4v) is 3.98. The number of ether oxygens (including phenoxy) is 3. The molecule has 0 saturated heterocycles. The van der Waals surface area contributed by atoms with E-state index >= 15 is 0 Å². The maximum absolute atomic E-state index is 13.8. The minimum absolute atomic E-state index is 0. The number of hydrogen-bond acceptors (Lipinski definition) is 5. The SMILES string of the molecule is CC(C)OC(=O)COCC1CCC(COC(=O)N(c2ccccc2)c2cccc(F)c2)CC1.[MgH2]. The zero-order valence-corrected chi connectivity index (χ0v) is 19.2. The molecule has 8 heteroatoms. The summed E-state index contributed by atoms with van der Waals surface area (Å²) in [5.74, 6) is -0.107. The second kappa shape index (κ2) is 14.3. The average Bonchev–Trinajstić information content (AvgIpc) is 2.79. The minimum atomic E-state index is -0.527. The molecule has 2 aromatic rings. The number of anilines is 2. The number of benzene rings is 2. The van der Waals surface area contributed by atoms with E-state index in [9.17, 15) is 14.0 Å². The van der Waals surface area contributed by atoms with Crippen molar-refractivity contribution < 1.29 is 28.2 Å². The lowest BCUT2D eigenvalue weighted by molar-refractivity contribution is -0.153. The number of carbonyl (C=O) groups excluding carboxylic acids is 2. The molecular weight excluding hydrogens is 450 g/mol. The Labute approximate surface area is 216 Å². The Bertz CT molecular complexity index is 903. The molecule has 0 radical (unpaired) electrons. The summed E-state index contributed by atoms with van der Waals surface area (Å²) >= 11 is 0. The van der Waals surface area contributed by atoms with Crippen LogP contribution in [0.1, 0.15) is 39.5 Å². The first-order valence-corrected chi connectivity index (χ1v) is 11.5. The number of halogens is 1. The second-order valence-corrected chi connectivity index (χ2v) is 8.67. The van der Waals surface area contributed by atoms with Gasteiger partial charge in [-0.05, 0) is 81.7 Å². The lowest BCUT2D eigenvalue weighted by atomic mass is 9.83. The van der Waals surface area contributed by atoms with Gasteiger partial charge >= 0.3 is 35.1 Å². The highest BCUT2D eigenvalue weighted by atomic mass is 24.3. The lowest BCUT2D eigenvalue weighted by Gasteiger charge is -2.29. The van der Waals surface area contributed by atoms with E-state index < -0.39 is 11.9 Å². The first-order valence-electron chi connectivity index (χ1n) is 11.5. The Morgan fingerprint density at radius 1 is 0.941 bits per heavy atom. The van der Waals surface area contributed by atoms with Crippen LogP contribution in [0.2, 0.25) is 0 Å². The molecule has 0 bridgehead atoms. The van der Waals surface area contributed by atoms with Crippen molar-refractivity contribution >= 4 is 46.5 Å². The van der Waals surface area contributed by atoms with Gasteiger partial charge in [-0.25, -0.2) is 18.9 Å². The average molecular weight is 484 g/mol. The smallest absolute Gasteiger partial charge is 0.418 e. The zero-order valence-electron chi connectivity index (χ0n) is 19.2. The first kappa shape index (κ1) is 28.1. The number of amides is 1. The fraction of sp³-hybridized carbons (Fsp3) is 0.462. The topological polar surface area (TPSA) is 65.1 Å². The van der Waals surface area contributed by atoms with Gasteiger partial charge in [0, 0.05) is 0 Å². The molecule has 0 unspecified atom stereocenters. The Morgan fingerprint density at radius 3 is 2.18 bits per heavy atom. The summed E-state index contributed by atoms with van der Waals surface area (Å²) in [5.41, 5.74) is 1.04. The number of para-hydroxylation sites is 1. The summed E-state index contributed by atoms with van der Waals surface area (Å²) in [4.78, 5) is 25.9. The van der Waals surface area contributed by atoms with E-state index in [2.05, 4.69) is 0 Å². The van der Waals surface area contributed by atoms with E-state index in [1.165, 1.54) is 17.0 Å². The van der Waals surface area contributed by atoms with Gasteiger partial charge in [-0.15, -0.1) is 0 Å². The third kappa shape index (κ3) is 8.89. The maximum atomic E-state index is 13.8. The van der Waals surface area contributed by atoms with Gasteiger partial charge in [0.25, 0.3) is 0 Å². The van der Waals surface area contributed by atoms with Gasteiger partial charge in [-0.2, -0.15) is 0 Å². The van der Waals surface area contributed by atoms with Crippen molar-refractivity contribution in [3.05, 3.63) is 60.4 Å². The van der Waals surface area contributed by atoms with E-state index in [4.69, 9.17) is 14.2 Å². The van der Waals surface area contributed by atoms with Crippen LogP contribution in [-0.2, 0) is 19.0 Å². The molecule has 182 valence electrons. The fourth-order valence-electron chi connectivity index (χ4n) is 3.98. The Hall–Kier alpha value is -2.16. The van der Waals surface area contributed by atoms with Crippen LogP contribution in [0.15, 0.2) is 54.6 Å². The molecule has 0 aromatic heterocycles. The zero-order chi connectivity index (χ0) is 23.6. The van der Waals surface area contributed by atoms with E-state index in [-0.39, 0.29) is 47.7 Å². The molecule has 1 fully saturated rings. The summed E-state index contributed by atoms with van der Waals surface area (Å²) in [6.07, 6.45) is 3.08. The largest absolute Gasteiger partial charge is 0.461 e. The predicted octanol–water partition coefficient (Wildman–Crippen LogP) is 4.96. The van der Waals surface area contributed by atoms with Crippen molar-refractivity contribution in [1.29, 1.82) is 0 Å². The van der Waals surface area contributed by atoms with E-state index in [0.29, 0.717) is 30.5 Å². The molecule has 0 spiro atoms. The van der Waals surface area contributed by atoms with Gasteiger partial charge in [0.05, 0.1) is 30.7 Å². The van der Waals surface area contributed by atoms with Gasteiger partial charge in [-0.1, -0.05) is 24.3 Å². The molecule has 0 N–H and O–H groups in total. The van der Waals surface area contributed by atoms with Crippen LogP contribution in [-0.4, -0.2) is 61.0 Å². The van der Waals surface area contributed by atoms with Crippen LogP contribution >= 0.6 is 0 Å². The molecule has 6 nitrogen and oxygen atoms in total. The van der Waals surface area contributed by atoms with Crippen LogP contribution < -0.4 is 4.90 Å². The van der Waals surface area contributed by atoms with Gasteiger partial charge in [0.1, 0.15) is 12.4 Å². The van der Waals surface area contributed by atoms with Crippen molar-refractivity contribution in [3.8, 4) is 0 Å². The molecule has 0 atom stereocenters. The monoisotopic (exact) mass is 483 g/mol. The van der Waals surface area contributed by atoms with Gasteiger partial charge in [-0.3, -0.25) is 0 Å². The molecular formula is C26H34FMgNO5. The van der Waals surface area contributed by atoms with E-state index in [1.807, 2.05) is 32.0 Å². The Balaban J connectivity index is 0.00000408. The number of esters is 1. The van der Waals surface area contributed by atoms with Crippen LogP contribution in [0, 0.1) is 17.7 Å². The first-order chi connectivity index (χ1) is 15.9. The summed E-state index contributed by atoms with van der Waals surface area (Å²) in [5, 5.41) is 0. The number of carbonyl (C=O) groups is 2. The lowest BCUT2D eigenvalue weighted by Crippen LogP contribution is -2.30. The summed E-state index contributed by atoms with van der Waals surface area (Å²) < 4.78 is 30.0. The quantitative estimate of drug-likeness (QED) is 0.372. The standard InChI is InChI=1S/C26H32FNO5.Mg.2H/c1-19(2)33-25(29)18-31-16-20-11-13-21(14-12-20)17-32-26(30)28(23-8-4-3-5-9-23)24-10-6-7-22(27)15-24;;;/h3-10,15,19-21H,11-14,16-18H2,1-2H3;;;. The summed E-state index contributed by atoms with van der Waals surface area (Å²) in [7, 11) is 0. The van der Waals surface area contributed by atoms with Gasteiger partial charge in [0.15, 0.2) is 0 Å². The Kier molecular flexibility index (Phi) is 11.8. The predicted molar refractivity (Wildman–Crippen MR) is 132 cm³/mol. The molecule has 0 heterocycles. The molecule has 1 aliphatic carbocycles. The minimum Gasteiger partial charge on any atom is -0.461 e. The molecule has 1 saturated carbocycles. The second-order valence-electron chi connectivity index (χ2n) is 8.67. The van der Waals surface area contributed by atoms with Crippen molar-refractivity contribution in [3.63, 3.8) is 0 Å². The van der Waals surface area contributed by atoms with Crippen molar-refractivity contribution in [2.24, 2.45) is 11.8 Å². The van der Waals surface area contributed by atoms with E-state index in [0.717, 1.165) is 25.7 Å². The molecule has 0 aliphatic heterocycles. The summed E-state index contributed by atoms with van der Waals surface area (Å²) in [6, 6.07) is 15.0. The molecule has 1 amide bonds. The molecule has 2 aromatic carbocycles. The third-order valence-electron chi connectivity index (χ3n) is 5.61.